The fourth-order valence-electron chi connectivity index (χ4n) is 0.711. The zero-order valence-corrected chi connectivity index (χ0v) is 6.96. The Morgan fingerprint density at radius 2 is 2.08 bits per heavy atom. The number of alkyl halides is 1. The number of carbonyl (C=O) groups excluding carboxylic acids is 1. The molecule has 70 valence electrons. The van der Waals surface area contributed by atoms with E-state index in [-0.39, 0.29) is 6.42 Å². The first-order valence-electron chi connectivity index (χ1n) is 3.37. The van der Waals surface area contributed by atoms with Crippen molar-refractivity contribution in [2.45, 2.75) is 13.3 Å². The molecule has 0 spiro atoms. The average molecular weight is 178 g/mol. The van der Waals surface area contributed by atoms with E-state index >= 15 is 0 Å². The largest absolute Gasteiger partial charge is 0.480 e. The van der Waals surface area contributed by atoms with Gasteiger partial charge in [0.25, 0.3) is 0 Å². The molecule has 0 saturated heterocycles. The number of hydrogen-bond acceptors (Lipinski definition) is 3. The summed E-state index contributed by atoms with van der Waals surface area (Å²) >= 11 is 0. The summed E-state index contributed by atoms with van der Waals surface area (Å²) in [5.41, 5.74) is -1.76. The Morgan fingerprint density at radius 1 is 1.58 bits per heavy atom. The van der Waals surface area contributed by atoms with Crippen LogP contribution in [-0.2, 0) is 14.3 Å². The molecule has 0 aromatic heterocycles. The first-order chi connectivity index (χ1) is 5.49. The predicted octanol–water partition coefficient (Wildman–Crippen LogP) is 0.610. The lowest BCUT2D eigenvalue weighted by molar-refractivity contribution is -0.166. The molecule has 1 atom stereocenters. The number of ether oxygens (including phenoxy) is 1. The second-order valence-electron chi connectivity index (χ2n) is 2.57. The number of rotatable bonds is 4. The zero-order chi connectivity index (χ0) is 9.78. The minimum absolute atomic E-state index is 0.366. The molecule has 12 heavy (non-hydrogen) atoms. The molecule has 0 aliphatic carbocycles. The molecule has 0 bridgehead atoms. The lowest BCUT2D eigenvalue weighted by atomic mass is 9.88. The molecule has 0 aromatic rings. The molecule has 0 aromatic carbocycles. The number of hydrogen-bond donors (Lipinski definition) is 1. The van der Waals surface area contributed by atoms with Crippen LogP contribution in [0, 0.1) is 5.41 Å². The minimum atomic E-state index is -1.76. The lowest BCUT2D eigenvalue weighted by Crippen LogP contribution is -2.37. The molecule has 0 aliphatic rings. The molecule has 0 saturated carbocycles. The van der Waals surface area contributed by atoms with Crippen LogP contribution in [0.25, 0.3) is 0 Å². The second-order valence-corrected chi connectivity index (χ2v) is 2.57. The van der Waals surface area contributed by atoms with Gasteiger partial charge >= 0.3 is 11.9 Å². The highest BCUT2D eigenvalue weighted by molar-refractivity contribution is 5.98. The van der Waals surface area contributed by atoms with Crippen LogP contribution in [-0.4, -0.2) is 30.8 Å². The second kappa shape index (κ2) is 4.04. The van der Waals surface area contributed by atoms with Crippen molar-refractivity contribution in [3.63, 3.8) is 0 Å². The van der Waals surface area contributed by atoms with Gasteiger partial charge in [0, 0.05) is 6.42 Å². The Morgan fingerprint density at radius 3 is 2.33 bits per heavy atom. The number of methoxy groups -OCH3 is 1. The number of esters is 1. The molecule has 5 heteroatoms. The molecular formula is C7H11FO4. The molecule has 0 heterocycles. The maximum atomic E-state index is 11.9. The van der Waals surface area contributed by atoms with Crippen molar-refractivity contribution in [2.75, 3.05) is 13.8 Å². The van der Waals surface area contributed by atoms with E-state index in [4.69, 9.17) is 5.11 Å². The van der Waals surface area contributed by atoms with Gasteiger partial charge in [-0.15, -0.1) is 0 Å². The Bertz CT molecular complexity index is 192. The fourth-order valence-corrected chi connectivity index (χ4v) is 0.711. The van der Waals surface area contributed by atoms with Gasteiger partial charge in [-0.25, -0.2) is 0 Å². The van der Waals surface area contributed by atoms with E-state index in [9.17, 15) is 14.0 Å². The highest BCUT2D eigenvalue weighted by Crippen LogP contribution is 2.23. The third-order valence-electron chi connectivity index (χ3n) is 1.70. The molecule has 4 nitrogen and oxygen atoms in total. The molecule has 1 unspecified atom stereocenters. The quantitative estimate of drug-likeness (QED) is 0.506. The maximum absolute atomic E-state index is 11.9. The zero-order valence-electron chi connectivity index (χ0n) is 6.96. The third kappa shape index (κ3) is 1.93. The van der Waals surface area contributed by atoms with Gasteiger partial charge in [-0.3, -0.25) is 14.0 Å². The maximum Gasteiger partial charge on any atom is 0.323 e. The highest BCUT2D eigenvalue weighted by atomic mass is 19.1. The summed E-state index contributed by atoms with van der Waals surface area (Å²) in [6, 6.07) is 0. The number of halogens is 1. The normalized spacial score (nSPS) is 14.9. The van der Waals surface area contributed by atoms with Crippen LogP contribution in [0.5, 0.6) is 0 Å². The van der Waals surface area contributed by atoms with Crippen molar-refractivity contribution in [1.82, 2.24) is 0 Å². The standard InChI is InChI=1S/C7H11FO4/c1-7(3-4-8,5(9)10)6(11)12-2/h3-4H2,1-2H3,(H,9,10). The molecule has 1 N–H and O–H groups in total. The van der Waals surface area contributed by atoms with Crippen molar-refractivity contribution in [3.05, 3.63) is 0 Å². The van der Waals surface area contributed by atoms with Crippen LogP contribution >= 0.6 is 0 Å². The SMILES string of the molecule is COC(=O)C(C)(CCF)C(=O)O. The average Bonchev–Trinajstić information content (AvgIpc) is 2.03. The van der Waals surface area contributed by atoms with Gasteiger partial charge in [-0.2, -0.15) is 0 Å². The van der Waals surface area contributed by atoms with Gasteiger partial charge in [0.1, 0.15) is 0 Å². The molecule has 0 radical (unpaired) electrons. The van der Waals surface area contributed by atoms with Gasteiger partial charge in [0.15, 0.2) is 5.41 Å². The summed E-state index contributed by atoms with van der Waals surface area (Å²) in [5.74, 6) is -2.29. The summed E-state index contributed by atoms with van der Waals surface area (Å²) in [4.78, 5) is 21.4. The summed E-state index contributed by atoms with van der Waals surface area (Å²) in [5, 5.41) is 8.60. The summed E-state index contributed by atoms with van der Waals surface area (Å²) < 4.78 is 16.1. The Hall–Kier alpha value is -1.13. The van der Waals surface area contributed by atoms with E-state index in [0.29, 0.717) is 0 Å². The first kappa shape index (κ1) is 10.9. The van der Waals surface area contributed by atoms with Gasteiger partial charge in [-0.1, -0.05) is 0 Å². The topological polar surface area (TPSA) is 63.6 Å². The van der Waals surface area contributed by atoms with E-state index in [1.807, 2.05) is 0 Å². The summed E-state index contributed by atoms with van der Waals surface area (Å²) in [7, 11) is 1.07. The highest BCUT2D eigenvalue weighted by Gasteiger charge is 2.42. The number of aliphatic carboxylic acids is 1. The van der Waals surface area contributed by atoms with Crippen molar-refractivity contribution in [3.8, 4) is 0 Å². The van der Waals surface area contributed by atoms with Crippen LogP contribution in [0.1, 0.15) is 13.3 Å². The van der Waals surface area contributed by atoms with Gasteiger partial charge in [0.2, 0.25) is 0 Å². The van der Waals surface area contributed by atoms with Crippen LogP contribution in [0.2, 0.25) is 0 Å². The molecular weight excluding hydrogens is 167 g/mol. The van der Waals surface area contributed by atoms with Crippen LogP contribution in [0.3, 0.4) is 0 Å². The monoisotopic (exact) mass is 178 g/mol. The van der Waals surface area contributed by atoms with Gasteiger partial charge < -0.3 is 9.84 Å². The van der Waals surface area contributed by atoms with Gasteiger partial charge in [-0.05, 0) is 6.92 Å². The Labute approximate surface area is 69.3 Å². The summed E-state index contributed by atoms with van der Waals surface area (Å²) in [6.45, 7) is 0.276. The van der Waals surface area contributed by atoms with Crippen molar-refractivity contribution >= 4 is 11.9 Å². The number of carbonyl (C=O) groups is 2. The van der Waals surface area contributed by atoms with E-state index in [2.05, 4.69) is 4.74 Å². The molecule has 0 fully saturated rings. The lowest BCUT2D eigenvalue weighted by Gasteiger charge is -2.19. The van der Waals surface area contributed by atoms with E-state index in [0.717, 1.165) is 14.0 Å². The number of carboxylic acid groups (broad SMARTS) is 1. The Balaban J connectivity index is 4.61. The third-order valence-corrected chi connectivity index (χ3v) is 1.70. The van der Waals surface area contributed by atoms with E-state index in [1.165, 1.54) is 0 Å². The van der Waals surface area contributed by atoms with E-state index < -0.39 is 24.0 Å². The fraction of sp³-hybridized carbons (Fsp3) is 0.714. The van der Waals surface area contributed by atoms with Crippen molar-refractivity contribution in [2.24, 2.45) is 5.41 Å². The molecule has 0 rings (SSSR count). The predicted molar refractivity (Wildman–Crippen MR) is 38.4 cm³/mol. The minimum Gasteiger partial charge on any atom is -0.480 e. The van der Waals surface area contributed by atoms with Crippen molar-refractivity contribution in [1.29, 1.82) is 0 Å². The summed E-state index contributed by atoms with van der Waals surface area (Å²) in [6.07, 6.45) is -0.366. The van der Waals surface area contributed by atoms with Gasteiger partial charge in [0.05, 0.1) is 13.8 Å². The molecule has 0 amide bonds. The Kier molecular flexibility index (Phi) is 3.66. The van der Waals surface area contributed by atoms with Crippen LogP contribution in [0.4, 0.5) is 4.39 Å². The smallest absolute Gasteiger partial charge is 0.323 e. The first-order valence-corrected chi connectivity index (χ1v) is 3.37. The van der Waals surface area contributed by atoms with E-state index in [1.54, 1.807) is 0 Å². The molecule has 0 aliphatic heterocycles. The van der Waals surface area contributed by atoms with Crippen molar-refractivity contribution < 1.29 is 23.8 Å². The van der Waals surface area contributed by atoms with Crippen LogP contribution in [0.15, 0.2) is 0 Å². The van der Waals surface area contributed by atoms with Crippen LogP contribution < -0.4 is 0 Å². The number of carboxylic acids is 1.